The van der Waals surface area contributed by atoms with Crippen LogP contribution in [0.1, 0.15) is 23.4 Å². The second-order valence-electron chi connectivity index (χ2n) is 7.46. The average Bonchev–Trinajstić information content (AvgIpc) is 3.15. The number of nitriles is 1. The van der Waals surface area contributed by atoms with E-state index in [0.717, 1.165) is 50.5 Å². The highest BCUT2D eigenvalue weighted by Crippen LogP contribution is 2.21. The molecule has 0 spiro atoms. The molecule has 1 aliphatic rings. The number of ether oxygens (including phenoxy) is 1. The van der Waals surface area contributed by atoms with Crippen LogP contribution in [0.5, 0.6) is 5.75 Å². The summed E-state index contributed by atoms with van der Waals surface area (Å²) in [4.78, 5) is 9.39. The van der Waals surface area contributed by atoms with Gasteiger partial charge >= 0.3 is 0 Å². The van der Waals surface area contributed by atoms with Crippen molar-refractivity contribution in [2.75, 3.05) is 33.3 Å². The third-order valence-electron chi connectivity index (χ3n) is 5.33. The minimum Gasteiger partial charge on any atom is -0.497 e. The fourth-order valence-electron chi connectivity index (χ4n) is 3.67. The number of methoxy groups -OCH3 is 1. The predicted octanol–water partition coefficient (Wildman–Crippen LogP) is 3.32. The lowest BCUT2D eigenvalue weighted by Crippen LogP contribution is -2.30. The number of hydrogen-bond acceptors (Lipinski definition) is 7. The molecule has 30 heavy (non-hydrogen) atoms. The predicted molar refractivity (Wildman–Crippen MR) is 113 cm³/mol. The lowest BCUT2D eigenvalue weighted by Gasteiger charge is -2.21. The van der Waals surface area contributed by atoms with E-state index >= 15 is 0 Å². The first kappa shape index (κ1) is 20.1. The molecule has 0 aliphatic carbocycles. The number of rotatable bonds is 6. The Bertz CT molecular complexity index is 1010. The van der Waals surface area contributed by atoms with E-state index in [4.69, 9.17) is 14.5 Å². The quantitative estimate of drug-likeness (QED) is 0.625. The molecule has 0 bridgehead atoms. The highest BCUT2D eigenvalue weighted by Gasteiger charge is 2.18. The summed E-state index contributed by atoms with van der Waals surface area (Å²) in [6.07, 6.45) is 1.09. The molecule has 7 heteroatoms. The number of benzene rings is 2. The zero-order valence-corrected chi connectivity index (χ0v) is 17.1. The van der Waals surface area contributed by atoms with E-state index in [1.807, 2.05) is 48.5 Å². The van der Waals surface area contributed by atoms with Gasteiger partial charge in [-0.15, -0.1) is 0 Å². The second-order valence-corrected chi connectivity index (χ2v) is 7.46. The summed E-state index contributed by atoms with van der Waals surface area (Å²) < 4.78 is 10.8. The summed E-state index contributed by atoms with van der Waals surface area (Å²) in [5, 5.41) is 13.1. The zero-order chi connectivity index (χ0) is 20.8. The van der Waals surface area contributed by atoms with Gasteiger partial charge in [0.05, 0.1) is 25.3 Å². The van der Waals surface area contributed by atoms with Crippen molar-refractivity contribution in [3.8, 4) is 23.2 Å². The molecule has 3 aromatic rings. The first-order chi connectivity index (χ1) is 14.7. The summed E-state index contributed by atoms with van der Waals surface area (Å²) in [6.45, 7) is 5.54. The largest absolute Gasteiger partial charge is 0.497 e. The van der Waals surface area contributed by atoms with Gasteiger partial charge in [-0.05, 0) is 49.3 Å². The van der Waals surface area contributed by atoms with Crippen LogP contribution in [0.25, 0.3) is 11.4 Å². The number of hydrogen-bond donors (Lipinski definition) is 0. The van der Waals surface area contributed by atoms with Gasteiger partial charge in [0.2, 0.25) is 11.7 Å². The summed E-state index contributed by atoms with van der Waals surface area (Å²) in [5.41, 5.74) is 2.82. The third kappa shape index (κ3) is 5.03. The maximum absolute atomic E-state index is 8.94. The molecule has 2 aromatic carbocycles. The number of aromatic nitrogens is 2. The van der Waals surface area contributed by atoms with Crippen molar-refractivity contribution < 1.29 is 9.26 Å². The molecule has 0 N–H and O–H groups in total. The standard InChI is InChI=1S/C23H25N5O2/c1-29-21-5-2-4-20(14-21)23-25-22(30-26-23)17-28-11-3-10-27(12-13-28)16-19-8-6-18(15-24)7-9-19/h2,4-9,14H,3,10-13,16-17H2,1H3. The fraction of sp³-hybridized carbons (Fsp3) is 0.348. The maximum atomic E-state index is 8.94. The van der Waals surface area contributed by atoms with Crippen LogP contribution in [-0.4, -0.2) is 53.2 Å². The Labute approximate surface area is 176 Å². The number of nitrogens with zero attached hydrogens (tertiary/aromatic N) is 5. The molecule has 0 atom stereocenters. The van der Waals surface area contributed by atoms with Crippen molar-refractivity contribution in [1.82, 2.24) is 19.9 Å². The van der Waals surface area contributed by atoms with Gasteiger partial charge < -0.3 is 9.26 Å². The molecule has 0 radical (unpaired) electrons. The first-order valence-electron chi connectivity index (χ1n) is 10.1. The third-order valence-corrected chi connectivity index (χ3v) is 5.33. The van der Waals surface area contributed by atoms with Crippen molar-refractivity contribution in [3.05, 3.63) is 65.5 Å². The van der Waals surface area contributed by atoms with Crippen LogP contribution in [0.4, 0.5) is 0 Å². The second kappa shape index (κ2) is 9.53. The lowest BCUT2D eigenvalue weighted by atomic mass is 10.1. The smallest absolute Gasteiger partial charge is 0.241 e. The van der Waals surface area contributed by atoms with Crippen LogP contribution >= 0.6 is 0 Å². The Balaban J connectivity index is 1.33. The Kier molecular flexibility index (Phi) is 6.38. The van der Waals surface area contributed by atoms with Gasteiger partial charge in [-0.1, -0.05) is 29.4 Å². The topological polar surface area (TPSA) is 78.4 Å². The molecule has 1 aliphatic heterocycles. The Morgan fingerprint density at radius 2 is 1.80 bits per heavy atom. The molecule has 0 unspecified atom stereocenters. The Morgan fingerprint density at radius 1 is 1.03 bits per heavy atom. The van der Waals surface area contributed by atoms with Gasteiger partial charge in [0, 0.05) is 25.2 Å². The SMILES string of the molecule is COc1cccc(-c2noc(CN3CCCN(Cc4ccc(C#N)cc4)CC3)n2)c1. The Morgan fingerprint density at radius 3 is 2.53 bits per heavy atom. The summed E-state index contributed by atoms with van der Waals surface area (Å²) in [7, 11) is 1.64. The van der Waals surface area contributed by atoms with Gasteiger partial charge in [0.1, 0.15) is 5.75 Å². The fourth-order valence-corrected chi connectivity index (χ4v) is 3.67. The monoisotopic (exact) mass is 403 g/mol. The van der Waals surface area contributed by atoms with Crippen LogP contribution in [0.3, 0.4) is 0 Å². The molecule has 2 heterocycles. The minimum atomic E-state index is 0.584. The molecule has 1 saturated heterocycles. The molecule has 1 fully saturated rings. The lowest BCUT2D eigenvalue weighted by molar-refractivity contribution is 0.222. The zero-order valence-electron chi connectivity index (χ0n) is 17.1. The highest BCUT2D eigenvalue weighted by molar-refractivity contribution is 5.56. The highest BCUT2D eigenvalue weighted by atomic mass is 16.5. The molecular weight excluding hydrogens is 378 g/mol. The molecular formula is C23H25N5O2. The molecule has 154 valence electrons. The van der Waals surface area contributed by atoms with Crippen molar-refractivity contribution in [3.63, 3.8) is 0 Å². The van der Waals surface area contributed by atoms with Gasteiger partial charge in [-0.25, -0.2) is 0 Å². The van der Waals surface area contributed by atoms with Crippen molar-refractivity contribution in [2.45, 2.75) is 19.5 Å². The van der Waals surface area contributed by atoms with Crippen LogP contribution < -0.4 is 4.74 Å². The first-order valence-corrected chi connectivity index (χ1v) is 10.1. The van der Waals surface area contributed by atoms with Crippen molar-refractivity contribution in [2.24, 2.45) is 0 Å². The van der Waals surface area contributed by atoms with E-state index < -0.39 is 0 Å². The van der Waals surface area contributed by atoms with E-state index in [9.17, 15) is 0 Å². The molecule has 7 nitrogen and oxygen atoms in total. The van der Waals surface area contributed by atoms with Crippen LogP contribution in [0.15, 0.2) is 53.1 Å². The van der Waals surface area contributed by atoms with Gasteiger partial charge in [-0.3, -0.25) is 9.80 Å². The molecule has 0 amide bonds. The molecule has 1 aromatic heterocycles. The van der Waals surface area contributed by atoms with Gasteiger partial charge in [0.15, 0.2) is 0 Å². The Hall–Kier alpha value is -3.21. The van der Waals surface area contributed by atoms with Gasteiger partial charge in [0.25, 0.3) is 0 Å². The average molecular weight is 403 g/mol. The van der Waals surface area contributed by atoms with Crippen LogP contribution in [0, 0.1) is 11.3 Å². The summed E-state index contributed by atoms with van der Waals surface area (Å²) in [5.74, 6) is 1.99. The van der Waals surface area contributed by atoms with Gasteiger partial charge in [-0.2, -0.15) is 10.2 Å². The maximum Gasteiger partial charge on any atom is 0.241 e. The van der Waals surface area contributed by atoms with Crippen LogP contribution in [0.2, 0.25) is 0 Å². The van der Waals surface area contributed by atoms with E-state index in [-0.39, 0.29) is 0 Å². The van der Waals surface area contributed by atoms with Crippen LogP contribution in [-0.2, 0) is 13.1 Å². The summed E-state index contributed by atoms with van der Waals surface area (Å²) in [6, 6.07) is 17.7. The normalized spacial score (nSPS) is 15.5. The van der Waals surface area contributed by atoms with E-state index in [0.29, 0.717) is 23.8 Å². The van der Waals surface area contributed by atoms with Crippen molar-refractivity contribution in [1.29, 1.82) is 5.26 Å². The minimum absolute atomic E-state index is 0.584. The van der Waals surface area contributed by atoms with E-state index in [1.165, 1.54) is 5.56 Å². The summed E-state index contributed by atoms with van der Waals surface area (Å²) >= 11 is 0. The van der Waals surface area contributed by atoms with E-state index in [1.54, 1.807) is 7.11 Å². The van der Waals surface area contributed by atoms with Crippen molar-refractivity contribution >= 4 is 0 Å². The molecule has 0 saturated carbocycles. The van der Waals surface area contributed by atoms with E-state index in [2.05, 4.69) is 26.0 Å². The molecule has 4 rings (SSSR count).